The van der Waals surface area contributed by atoms with E-state index in [-0.39, 0.29) is 0 Å². The van der Waals surface area contributed by atoms with E-state index in [0.717, 1.165) is 37.0 Å². The normalized spacial score (nSPS) is 21.7. The topological polar surface area (TPSA) is 9.23 Å². The third-order valence-corrected chi connectivity index (χ3v) is 5.09. The average Bonchev–Trinajstić information content (AvgIpc) is 2.59. The molecule has 1 aromatic rings. The molecular formula is C22H34O. The van der Waals surface area contributed by atoms with Crippen LogP contribution in [0, 0.1) is 5.92 Å². The Morgan fingerprint density at radius 3 is 2.52 bits per heavy atom. The van der Waals surface area contributed by atoms with E-state index in [1.807, 2.05) is 0 Å². The lowest BCUT2D eigenvalue weighted by Gasteiger charge is -2.28. The zero-order chi connectivity index (χ0) is 16.5. The van der Waals surface area contributed by atoms with Crippen LogP contribution in [0.15, 0.2) is 30.4 Å². The Labute approximate surface area is 143 Å². The fraction of sp³-hybridized carbons (Fsp3) is 0.636. The van der Waals surface area contributed by atoms with E-state index in [0.29, 0.717) is 0 Å². The van der Waals surface area contributed by atoms with E-state index < -0.39 is 0 Å². The molecule has 1 heteroatoms. The van der Waals surface area contributed by atoms with Crippen molar-refractivity contribution in [3.8, 4) is 5.75 Å². The Bertz CT molecular complexity index is 481. The molecule has 0 amide bonds. The molecule has 0 aromatic heterocycles. The number of benzene rings is 1. The lowest BCUT2D eigenvalue weighted by atomic mass is 9.77. The molecule has 23 heavy (non-hydrogen) atoms. The van der Waals surface area contributed by atoms with Crippen LogP contribution < -0.4 is 4.74 Å². The summed E-state index contributed by atoms with van der Waals surface area (Å²) in [6.07, 6.45) is 14.6. The highest BCUT2D eigenvalue weighted by molar-refractivity contribution is 5.39. The third-order valence-electron chi connectivity index (χ3n) is 5.09. The van der Waals surface area contributed by atoms with Crippen molar-refractivity contribution in [3.05, 3.63) is 41.5 Å². The molecular weight excluding hydrogens is 280 g/mol. The maximum absolute atomic E-state index is 5.93. The summed E-state index contributed by atoms with van der Waals surface area (Å²) in [7, 11) is 0. The number of hydrogen-bond acceptors (Lipinski definition) is 1. The summed E-state index contributed by atoms with van der Waals surface area (Å²) in [6, 6.07) is 6.98. The Morgan fingerprint density at radius 2 is 1.87 bits per heavy atom. The van der Waals surface area contributed by atoms with Gasteiger partial charge in [0.2, 0.25) is 0 Å². The molecule has 0 N–H and O–H groups in total. The molecule has 0 atom stereocenters. The van der Waals surface area contributed by atoms with Crippen molar-refractivity contribution >= 4 is 0 Å². The van der Waals surface area contributed by atoms with E-state index in [9.17, 15) is 0 Å². The standard InChI is InChI=1S/C22H34O/c1-4-7-9-18-10-12-19(13-11-18)20-14-15-22(23-16-6-3)21(17-20)8-5-2/h4,7,14-15,17-19H,5-6,8-13,16H2,1-3H3. The van der Waals surface area contributed by atoms with Crippen molar-refractivity contribution in [3.63, 3.8) is 0 Å². The maximum atomic E-state index is 5.93. The van der Waals surface area contributed by atoms with Crippen molar-refractivity contribution in [2.45, 2.75) is 78.1 Å². The summed E-state index contributed by atoms with van der Waals surface area (Å²) in [6.45, 7) is 7.37. The van der Waals surface area contributed by atoms with Gasteiger partial charge in [-0.1, -0.05) is 44.6 Å². The quantitative estimate of drug-likeness (QED) is 0.487. The highest BCUT2D eigenvalue weighted by Crippen LogP contribution is 2.38. The number of allylic oxidation sites excluding steroid dienone is 2. The van der Waals surface area contributed by atoms with Crippen LogP contribution >= 0.6 is 0 Å². The van der Waals surface area contributed by atoms with Gasteiger partial charge in [0.1, 0.15) is 5.75 Å². The van der Waals surface area contributed by atoms with Crippen molar-refractivity contribution in [1.29, 1.82) is 0 Å². The summed E-state index contributed by atoms with van der Waals surface area (Å²) >= 11 is 0. The van der Waals surface area contributed by atoms with Crippen LogP contribution in [-0.4, -0.2) is 6.61 Å². The van der Waals surface area contributed by atoms with E-state index >= 15 is 0 Å². The molecule has 0 aliphatic heterocycles. The molecule has 1 saturated carbocycles. The molecule has 0 heterocycles. The Balaban J connectivity index is 2.01. The van der Waals surface area contributed by atoms with Gasteiger partial charge in [-0.15, -0.1) is 0 Å². The zero-order valence-corrected chi connectivity index (χ0v) is 15.3. The van der Waals surface area contributed by atoms with Crippen LogP contribution in [0.3, 0.4) is 0 Å². The monoisotopic (exact) mass is 314 g/mol. The number of ether oxygens (including phenoxy) is 1. The van der Waals surface area contributed by atoms with Crippen LogP contribution in [0.1, 0.15) is 82.8 Å². The van der Waals surface area contributed by atoms with Gasteiger partial charge < -0.3 is 4.74 Å². The van der Waals surface area contributed by atoms with Gasteiger partial charge in [-0.05, 0) is 80.9 Å². The third kappa shape index (κ3) is 5.41. The van der Waals surface area contributed by atoms with E-state index in [4.69, 9.17) is 4.74 Å². The smallest absolute Gasteiger partial charge is 0.122 e. The van der Waals surface area contributed by atoms with Crippen molar-refractivity contribution in [1.82, 2.24) is 0 Å². The second kappa shape index (κ2) is 9.80. The minimum absolute atomic E-state index is 0.757. The van der Waals surface area contributed by atoms with Gasteiger partial charge in [-0.25, -0.2) is 0 Å². The Hall–Kier alpha value is -1.24. The summed E-state index contributed by atoms with van der Waals surface area (Å²) in [4.78, 5) is 0. The van der Waals surface area contributed by atoms with Crippen LogP contribution in [0.2, 0.25) is 0 Å². The van der Waals surface area contributed by atoms with Crippen LogP contribution in [0.25, 0.3) is 0 Å². The second-order valence-corrected chi connectivity index (χ2v) is 6.99. The highest BCUT2D eigenvalue weighted by Gasteiger charge is 2.22. The average molecular weight is 315 g/mol. The molecule has 1 aromatic carbocycles. The fourth-order valence-electron chi connectivity index (χ4n) is 3.73. The van der Waals surface area contributed by atoms with Gasteiger partial charge in [0, 0.05) is 0 Å². The highest BCUT2D eigenvalue weighted by atomic mass is 16.5. The van der Waals surface area contributed by atoms with Gasteiger partial charge in [0.25, 0.3) is 0 Å². The van der Waals surface area contributed by atoms with Crippen LogP contribution in [0.5, 0.6) is 5.75 Å². The number of hydrogen-bond donors (Lipinski definition) is 0. The summed E-state index contributed by atoms with van der Waals surface area (Å²) in [5.41, 5.74) is 2.95. The maximum Gasteiger partial charge on any atom is 0.122 e. The number of rotatable bonds is 8. The van der Waals surface area contributed by atoms with E-state index in [1.165, 1.54) is 44.1 Å². The first-order chi connectivity index (χ1) is 11.3. The minimum Gasteiger partial charge on any atom is -0.493 e. The minimum atomic E-state index is 0.757. The van der Waals surface area contributed by atoms with Gasteiger partial charge in [-0.2, -0.15) is 0 Å². The lowest BCUT2D eigenvalue weighted by molar-refractivity contribution is 0.312. The predicted octanol–water partition coefficient (Wildman–Crippen LogP) is 6.67. The van der Waals surface area contributed by atoms with Crippen molar-refractivity contribution in [2.75, 3.05) is 6.61 Å². The predicted molar refractivity (Wildman–Crippen MR) is 100 cm³/mol. The first-order valence-electron chi connectivity index (χ1n) is 9.65. The lowest BCUT2D eigenvalue weighted by Crippen LogP contribution is -2.13. The molecule has 2 rings (SSSR count). The van der Waals surface area contributed by atoms with Crippen molar-refractivity contribution in [2.24, 2.45) is 5.92 Å². The van der Waals surface area contributed by atoms with Gasteiger partial charge >= 0.3 is 0 Å². The van der Waals surface area contributed by atoms with Crippen molar-refractivity contribution < 1.29 is 4.74 Å². The molecule has 1 aliphatic rings. The summed E-state index contributed by atoms with van der Waals surface area (Å²) in [5, 5.41) is 0. The Morgan fingerprint density at radius 1 is 1.09 bits per heavy atom. The molecule has 1 fully saturated rings. The second-order valence-electron chi connectivity index (χ2n) is 6.99. The molecule has 1 nitrogen and oxygen atoms in total. The first kappa shape index (κ1) is 18.1. The first-order valence-corrected chi connectivity index (χ1v) is 9.65. The molecule has 0 saturated heterocycles. The number of aryl methyl sites for hydroxylation is 1. The largest absolute Gasteiger partial charge is 0.493 e. The van der Waals surface area contributed by atoms with E-state index in [1.54, 1.807) is 5.56 Å². The molecule has 0 spiro atoms. The zero-order valence-electron chi connectivity index (χ0n) is 15.3. The molecule has 0 unspecified atom stereocenters. The van der Waals surface area contributed by atoms with Gasteiger partial charge in [0.05, 0.1) is 6.61 Å². The van der Waals surface area contributed by atoms with Crippen LogP contribution in [-0.2, 0) is 6.42 Å². The fourth-order valence-corrected chi connectivity index (χ4v) is 3.73. The Kier molecular flexibility index (Phi) is 7.71. The SMILES string of the molecule is CC=CCC1CCC(c2ccc(OCCC)c(CCC)c2)CC1. The molecule has 0 bridgehead atoms. The van der Waals surface area contributed by atoms with E-state index in [2.05, 4.69) is 51.1 Å². The summed E-state index contributed by atoms with van der Waals surface area (Å²) < 4.78 is 5.93. The van der Waals surface area contributed by atoms with Crippen LogP contribution in [0.4, 0.5) is 0 Å². The van der Waals surface area contributed by atoms with Gasteiger partial charge in [-0.3, -0.25) is 0 Å². The molecule has 1 aliphatic carbocycles. The van der Waals surface area contributed by atoms with Gasteiger partial charge in [0.15, 0.2) is 0 Å². The molecule has 0 radical (unpaired) electrons. The summed E-state index contributed by atoms with van der Waals surface area (Å²) in [5.74, 6) is 2.77. The molecule has 128 valence electrons.